The first-order valence-electron chi connectivity index (χ1n) is 5.20. The molecule has 0 aromatic heterocycles. The number of carboxylic acids is 1. The van der Waals surface area contributed by atoms with E-state index in [-0.39, 0.29) is 11.8 Å². The molecule has 0 radical (unpaired) electrons. The largest absolute Gasteiger partial charge is 0.480 e. The van der Waals surface area contributed by atoms with Gasteiger partial charge in [0.15, 0.2) is 0 Å². The number of carbonyl (C=O) groups is 2. The van der Waals surface area contributed by atoms with Gasteiger partial charge >= 0.3 is 5.97 Å². The van der Waals surface area contributed by atoms with Crippen LogP contribution in [0.1, 0.15) is 32.1 Å². The van der Waals surface area contributed by atoms with Gasteiger partial charge in [0.05, 0.1) is 0 Å². The van der Waals surface area contributed by atoms with Crippen molar-refractivity contribution in [2.24, 2.45) is 11.8 Å². The topological polar surface area (TPSA) is 66.4 Å². The Morgan fingerprint density at radius 1 is 1.29 bits per heavy atom. The highest BCUT2D eigenvalue weighted by Gasteiger charge is 2.35. The highest BCUT2D eigenvalue weighted by molar-refractivity contribution is 5.86. The molecule has 0 bridgehead atoms. The molecule has 0 saturated heterocycles. The average molecular weight is 197 g/mol. The smallest absolute Gasteiger partial charge is 0.326 e. The van der Waals surface area contributed by atoms with Gasteiger partial charge in [-0.25, -0.2) is 4.79 Å². The zero-order valence-corrected chi connectivity index (χ0v) is 8.03. The summed E-state index contributed by atoms with van der Waals surface area (Å²) in [7, 11) is 0. The number of carboxylic acid groups (broad SMARTS) is 1. The lowest BCUT2D eigenvalue weighted by atomic mass is 10.1. The molecule has 2 saturated carbocycles. The van der Waals surface area contributed by atoms with Gasteiger partial charge in [-0.2, -0.15) is 0 Å². The molecule has 2 aliphatic carbocycles. The number of hydrogen-bond donors (Lipinski definition) is 2. The van der Waals surface area contributed by atoms with Gasteiger partial charge in [-0.15, -0.1) is 0 Å². The summed E-state index contributed by atoms with van der Waals surface area (Å²) >= 11 is 0. The van der Waals surface area contributed by atoms with E-state index in [9.17, 15) is 9.59 Å². The molecule has 4 nitrogen and oxygen atoms in total. The van der Waals surface area contributed by atoms with Crippen molar-refractivity contribution in [3.63, 3.8) is 0 Å². The predicted octanol–water partition coefficient (Wildman–Crippen LogP) is 0.766. The molecule has 1 atom stereocenters. The Hall–Kier alpha value is -1.06. The maximum Gasteiger partial charge on any atom is 0.326 e. The third-order valence-corrected chi connectivity index (χ3v) is 2.83. The quantitative estimate of drug-likeness (QED) is 0.684. The van der Waals surface area contributed by atoms with Crippen molar-refractivity contribution in [2.75, 3.05) is 0 Å². The van der Waals surface area contributed by atoms with Crippen molar-refractivity contribution >= 4 is 11.9 Å². The van der Waals surface area contributed by atoms with E-state index in [1.165, 1.54) is 0 Å². The summed E-state index contributed by atoms with van der Waals surface area (Å²) < 4.78 is 0. The van der Waals surface area contributed by atoms with Crippen molar-refractivity contribution in [1.82, 2.24) is 5.32 Å². The summed E-state index contributed by atoms with van der Waals surface area (Å²) in [5.41, 5.74) is 0. The van der Waals surface area contributed by atoms with E-state index >= 15 is 0 Å². The third kappa shape index (κ3) is 2.47. The minimum atomic E-state index is -0.897. The fourth-order valence-corrected chi connectivity index (χ4v) is 1.54. The Morgan fingerprint density at radius 3 is 2.36 bits per heavy atom. The molecule has 78 valence electrons. The number of amides is 1. The summed E-state index contributed by atoms with van der Waals surface area (Å²) in [6, 6.07) is -0.657. The van der Waals surface area contributed by atoms with E-state index in [4.69, 9.17) is 5.11 Å². The van der Waals surface area contributed by atoms with Gasteiger partial charge in [0.2, 0.25) is 5.91 Å². The summed E-state index contributed by atoms with van der Waals surface area (Å²) in [6.07, 6.45) is 4.67. The fourth-order valence-electron chi connectivity index (χ4n) is 1.54. The van der Waals surface area contributed by atoms with Crippen LogP contribution in [0, 0.1) is 11.8 Å². The number of nitrogens with one attached hydrogen (secondary N) is 1. The molecule has 2 aliphatic rings. The molecule has 0 spiro atoms. The molecule has 2 N–H and O–H groups in total. The summed E-state index contributed by atoms with van der Waals surface area (Å²) in [5, 5.41) is 11.5. The van der Waals surface area contributed by atoms with Crippen LogP contribution in [0.4, 0.5) is 0 Å². The molecule has 0 unspecified atom stereocenters. The highest BCUT2D eigenvalue weighted by Crippen LogP contribution is 2.34. The molecule has 0 aromatic rings. The average Bonchev–Trinajstić information content (AvgIpc) is 2.98. The molecular weight excluding hydrogens is 182 g/mol. The van der Waals surface area contributed by atoms with Crippen LogP contribution in [-0.2, 0) is 9.59 Å². The van der Waals surface area contributed by atoms with E-state index in [0.29, 0.717) is 12.3 Å². The number of hydrogen-bond acceptors (Lipinski definition) is 2. The van der Waals surface area contributed by atoms with Crippen molar-refractivity contribution in [2.45, 2.75) is 38.1 Å². The SMILES string of the molecule is O=C(N[C@@H](CC1CC1)C(=O)O)C1CC1. The van der Waals surface area contributed by atoms with E-state index in [1.807, 2.05) is 0 Å². The second-order valence-electron chi connectivity index (χ2n) is 4.35. The van der Waals surface area contributed by atoms with Crippen LogP contribution in [0.3, 0.4) is 0 Å². The van der Waals surface area contributed by atoms with E-state index in [1.54, 1.807) is 0 Å². The van der Waals surface area contributed by atoms with Gasteiger partial charge in [0.1, 0.15) is 6.04 Å². The molecule has 0 aliphatic heterocycles. The number of rotatable bonds is 5. The Morgan fingerprint density at radius 2 is 1.93 bits per heavy atom. The van der Waals surface area contributed by atoms with Gasteiger partial charge in [0, 0.05) is 5.92 Å². The monoisotopic (exact) mass is 197 g/mol. The van der Waals surface area contributed by atoms with Crippen LogP contribution < -0.4 is 5.32 Å². The standard InChI is InChI=1S/C10H15NO3/c12-9(7-3-4-7)11-8(10(13)14)5-6-1-2-6/h6-8H,1-5H2,(H,11,12)(H,13,14)/t8-/m0/s1. The molecule has 2 rings (SSSR count). The second-order valence-corrected chi connectivity index (χ2v) is 4.35. The van der Waals surface area contributed by atoms with Crippen LogP contribution in [-0.4, -0.2) is 23.0 Å². The minimum Gasteiger partial charge on any atom is -0.480 e. The molecular formula is C10H15NO3. The fraction of sp³-hybridized carbons (Fsp3) is 0.800. The summed E-state index contributed by atoms with van der Waals surface area (Å²) in [6.45, 7) is 0. The first-order valence-corrected chi connectivity index (χ1v) is 5.20. The van der Waals surface area contributed by atoms with Crippen LogP contribution in [0.25, 0.3) is 0 Å². The third-order valence-electron chi connectivity index (χ3n) is 2.83. The van der Waals surface area contributed by atoms with E-state index in [0.717, 1.165) is 25.7 Å². The summed E-state index contributed by atoms with van der Waals surface area (Å²) in [4.78, 5) is 22.2. The lowest BCUT2D eigenvalue weighted by molar-refractivity contribution is -0.142. The van der Waals surface area contributed by atoms with E-state index < -0.39 is 12.0 Å². The van der Waals surface area contributed by atoms with Gasteiger partial charge in [-0.3, -0.25) is 4.79 Å². The second kappa shape index (κ2) is 3.59. The van der Waals surface area contributed by atoms with Gasteiger partial charge < -0.3 is 10.4 Å². The van der Waals surface area contributed by atoms with Crippen molar-refractivity contribution in [3.05, 3.63) is 0 Å². The van der Waals surface area contributed by atoms with E-state index in [2.05, 4.69) is 5.32 Å². The molecule has 0 aromatic carbocycles. The molecule has 1 amide bonds. The van der Waals surface area contributed by atoms with Gasteiger partial charge in [-0.1, -0.05) is 12.8 Å². The number of carbonyl (C=O) groups excluding carboxylic acids is 1. The lowest BCUT2D eigenvalue weighted by Gasteiger charge is -2.13. The molecule has 4 heteroatoms. The van der Waals surface area contributed by atoms with Crippen LogP contribution >= 0.6 is 0 Å². The molecule has 2 fully saturated rings. The first kappa shape index (κ1) is 9.49. The zero-order chi connectivity index (χ0) is 10.1. The van der Waals surface area contributed by atoms with Crippen LogP contribution in [0.5, 0.6) is 0 Å². The molecule has 14 heavy (non-hydrogen) atoms. The maximum absolute atomic E-state index is 11.3. The van der Waals surface area contributed by atoms with Crippen molar-refractivity contribution in [1.29, 1.82) is 0 Å². The Kier molecular flexibility index (Phi) is 2.44. The first-order chi connectivity index (χ1) is 6.66. The minimum absolute atomic E-state index is 0.0712. The Balaban J connectivity index is 1.81. The zero-order valence-electron chi connectivity index (χ0n) is 8.03. The van der Waals surface area contributed by atoms with Gasteiger partial charge in [0.25, 0.3) is 0 Å². The van der Waals surface area contributed by atoms with Crippen molar-refractivity contribution < 1.29 is 14.7 Å². The Bertz CT molecular complexity index is 256. The normalized spacial score (nSPS) is 22.9. The summed E-state index contributed by atoms with van der Waals surface area (Å²) in [5.74, 6) is -0.351. The van der Waals surface area contributed by atoms with Crippen molar-refractivity contribution in [3.8, 4) is 0 Å². The maximum atomic E-state index is 11.3. The highest BCUT2D eigenvalue weighted by atomic mass is 16.4. The lowest BCUT2D eigenvalue weighted by Crippen LogP contribution is -2.41. The van der Waals surface area contributed by atoms with Crippen LogP contribution in [0.2, 0.25) is 0 Å². The number of aliphatic carboxylic acids is 1. The Labute approximate surface area is 82.7 Å². The van der Waals surface area contributed by atoms with Crippen LogP contribution in [0.15, 0.2) is 0 Å². The predicted molar refractivity (Wildman–Crippen MR) is 49.6 cm³/mol. The molecule has 0 heterocycles. The van der Waals surface area contributed by atoms with Gasteiger partial charge in [-0.05, 0) is 25.2 Å².